The van der Waals surface area contributed by atoms with Gasteiger partial charge in [-0.15, -0.1) is 0 Å². The molecule has 0 spiro atoms. The second kappa shape index (κ2) is 10.4. The Morgan fingerprint density at radius 1 is 0.970 bits per heavy atom. The highest BCUT2D eigenvalue weighted by Gasteiger charge is 2.21. The summed E-state index contributed by atoms with van der Waals surface area (Å²) < 4.78 is 15.1. The second-order valence-electron chi connectivity index (χ2n) is 8.27. The molecule has 0 radical (unpaired) electrons. The molecule has 4 rings (SSSR count). The molecule has 0 bridgehead atoms. The predicted molar refractivity (Wildman–Crippen MR) is 137 cm³/mol. The van der Waals surface area contributed by atoms with Gasteiger partial charge in [0, 0.05) is 32.7 Å². The standard InChI is InChI=1S/C24H26Cl2FN5S/c1-16-23(17(2)32(29-16)15-18-3-6-20(27)7-4-18)28-24(33)31-11-9-30(10-12-31)14-19-5-8-21(25)22(26)13-19/h3-8,13H,9-12,14-15H2,1-2H3,(H,28,33). The molecule has 2 heterocycles. The zero-order valence-electron chi connectivity index (χ0n) is 18.6. The van der Waals surface area contributed by atoms with Crippen molar-refractivity contribution in [3.05, 3.63) is 80.8 Å². The number of thiocarbonyl (C=S) groups is 1. The van der Waals surface area contributed by atoms with Crippen LogP contribution in [0.1, 0.15) is 22.5 Å². The highest BCUT2D eigenvalue weighted by molar-refractivity contribution is 7.80. The summed E-state index contributed by atoms with van der Waals surface area (Å²) in [5.74, 6) is -0.239. The summed E-state index contributed by atoms with van der Waals surface area (Å²) in [5.41, 5.74) is 4.96. The Labute approximate surface area is 209 Å². The van der Waals surface area contributed by atoms with Gasteiger partial charge in [-0.05, 0) is 61.5 Å². The van der Waals surface area contributed by atoms with E-state index in [4.69, 9.17) is 35.4 Å². The van der Waals surface area contributed by atoms with E-state index >= 15 is 0 Å². The number of nitrogens with one attached hydrogen (secondary N) is 1. The molecule has 0 atom stereocenters. The van der Waals surface area contributed by atoms with Gasteiger partial charge in [-0.2, -0.15) is 5.10 Å². The monoisotopic (exact) mass is 505 g/mol. The van der Waals surface area contributed by atoms with Gasteiger partial charge in [0.05, 0.1) is 33.7 Å². The Morgan fingerprint density at radius 2 is 1.64 bits per heavy atom. The summed E-state index contributed by atoms with van der Waals surface area (Å²) in [6, 6.07) is 12.3. The normalized spacial score (nSPS) is 14.5. The minimum atomic E-state index is -0.239. The van der Waals surface area contributed by atoms with Crippen LogP contribution < -0.4 is 5.32 Å². The van der Waals surface area contributed by atoms with Crippen LogP contribution in [0.15, 0.2) is 42.5 Å². The summed E-state index contributed by atoms with van der Waals surface area (Å²) in [7, 11) is 0. The van der Waals surface area contributed by atoms with Crippen LogP contribution in [0.3, 0.4) is 0 Å². The number of hydrogen-bond acceptors (Lipinski definition) is 3. The van der Waals surface area contributed by atoms with Gasteiger partial charge in [-0.3, -0.25) is 9.58 Å². The van der Waals surface area contributed by atoms with Gasteiger partial charge in [-0.1, -0.05) is 41.4 Å². The maximum absolute atomic E-state index is 13.2. The van der Waals surface area contributed by atoms with Crippen LogP contribution in [0.25, 0.3) is 0 Å². The Morgan fingerprint density at radius 3 is 2.30 bits per heavy atom. The van der Waals surface area contributed by atoms with Crippen molar-refractivity contribution in [2.24, 2.45) is 0 Å². The van der Waals surface area contributed by atoms with Crippen molar-refractivity contribution in [2.75, 3.05) is 31.5 Å². The lowest BCUT2D eigenvalue weighted by molar-refractivity contribution is 0.177. The number of benzene rings is 2. The molecular formula is C24H26Cl2FN5S. The molecule has 1 aliphatic heterocycles. The smallest absolute Gasteiger partial charge is 0.173 e. The molecule has 1 aromatic heterocycles. The predicted octanol–water partition coefficient (Wildman–Crippen LogP) is 5.51. The topological polar surface area (TPSA) is 36.3 Å². The van der Waals surface area contributed by atoms with Crippen molar-refractivity contribution in [1.82, 2.24) is 19.6 Å². The fourth-order valence-corrected chi connectivity index (χ4v) is 4.59. The average molecular weight is 506 g/mol. The molecule has 0 unspecified atom stereocenters. The van der Waals surface area contributed by atoms with Crippen molar-refractivity contribution < 1.29 is 4.39 Å². The molecule has 3 aromatic rings. The maximum atomic E-state index is 13.2. The molecule has 1 saturated heterocycles. The van der Waals surface area contributed by atoms with E-state index in [2.05, 4.69) is 20.2 Å². The fraction of sp³-hybridized carbons (Fsp3) is 0.333. The van der Waals surface area contributed by atoms with Crippen molar-refractivity contribution >= 4 is 46.2 Å². The van der Waals surface area contributed by atoms with Crippen LogP contribution in [0.5, 0.6) is 0 Å². The number of anilines is 1. The number of aromatic nitrogens is 2. The van der Waals surface area contributed by atoms with Gasteiger partial charge < -0.3 is 10.2 Å². The van der Waals surface area contributed by atoms with Gasteiger partial charge in [0.15, 0.2) is 5.11 Å². The molecule has 1 N–H and O–H groups in total. The van der Waals surface area contributed by atoms with E-state index in [0.717, 1.165) is 60.9 Å². The van der Waals surface area contributed by atoms with Crippen LogP contribution in [0.4, 0.5) is 10.1 Å². The van der Waals surface area contributed by atoms with E-state index in [1.54, 1.807) is 12.1 Å². The summed E-state index contributed by atoms with van der Waals surface area (Å²) in [6.07, 6.45) is 0. The van der Waals surface area contributed by atoms with Crippen LogP contribution >= 0.6 is 35.4 Å². The van der Waals surface area contributed by atoms with Crippen LogP contribution in [-0.4, -0.2) is 50.9 Å². The summed E-state index contributed by atoms with van der Waals surface area (Å²) in [6.45, 7) is 8.89. The SMILES string of the molecule is Cc1nn(Cc2ccc(F)cc2)c(C)c1NC(=S)N1CCN(Cc2ccc(Cl)c(Cl)c2)CC1. The van der Waals surface area contributed by atoms with E-state index < -0.39 is 0 Å². The molecule has 174 valence electrons. The lowest BCUT2D eigenvalue weighted by Crippen LogP contribution is -2.49. The van der Waals surface area contributed by atoms with Crippen LogP contribution in [0.2, 0.25) is 10.0 Å². The molecule has 0 aliphatic carbocycles. The lowest BCUT2D eigenvalue weighted by atomic mass is 10.2. The van der Waals surface area contributed by atoms with Crippen LogP contribution in [-0.2, 0) is 13.1 Å². The molecular weight excluding hydrogens is 480 g/mol. The first kappa shape index (κ1) is 24.0. The van der Waals surface area contributed by atoms with Crippen molar-refractivity contribution in [2.45, 2.75) is 26.9 Å². The Bertz CT molecular complexity index is 1140. The average Bonchev–Trinajstić information content (AvgIpc) is 3.05. The molecule has 1 fully saturated rings. The summed E-state index contributed by atoms with van der Waals surface area (Å²) >= 11 is 17.9. The highest BCUT2D eigenvalue weighted by Crippen LogP contribution is 2.24. The van der Waals surface area contributed by atoms with Gasteiger partial charge >= 0.3 is 0 Å². The molecule has 2 aromatic carbocycles. The minimum Gasteiger partial charge on any atom is -0.346 e. The number of halogens is 3. The number of hydrogen-bond donors (Lipinski definition) is 1. The summed E-state index contributed by atoms with van der Waals surface area (Å²) in [4.78, 5) is 4.58. The molecule has 0 amide bonds. The largest absolute Gasteiger partial charge is 0.346 e. The molecule has 9 heteroatoms. The third-order valence-electron chi connectivity index (χ3n) is 5.91. The second-order valence-corrected chi connectivity index (χ2v) is 9.47. The van der Waals surface area contributed by atoms with Gasteiger partial charge in [-0.25, -0.2) is 4.39 Å². The number of nitrogens with zero attached hydrogens (tertiary/aromatic N) is 4. The van der Waals surface area contributed by atoms with E-state index in [1.807, 2.05) is 36.7 Å². The zero-order valence-corrected chi connectivity index (χ0v) is 20.9. The lowest BCUT2D eigenvalue weighted by Gasteiger charge is -2.36. The first-order valence-corrected chi connectivity index (χ1v) is 12.0. The Kier molecular flexibility index (Phi) is 7.54. The Balaban J connectivity index is 1.33. The fourth-order valence-electron chi connectivity index (χ4n) is 3.99. The minimum absolute atomic E-state index is 0.239. The Hall–Kier alpha value is -2.19. The molecule has 1 aliphatic rings. The van der Waals surface area contributed by atoms with Gasteiger partial charge in [0.1, 0.15) is 5.82 Å². The zero-order chi connectivity index (χ0) is 23.5. The first-order valence-electron chi connectivity index (χ1n) is 10.8. The molecule has 33 heavy (non-hydrogen) atoms. The number of rotatable bonds is 5. The van der Waals surface area contributed by atoms with Crippen LogP contribution in [0, 0.1) is 19.7 Å². The number of piperazine rings is 1. The van der Waals surface area contributed by atoms with Crippen molar-refractivity contribution in [3.63, 3.8) is 0 Å². The van der Waals surface area contributed by atoms with E-state index in [0.29, 0.717) is 21.7 Å². The third-order valence-corrected chi connectivity index (χ3v) is 7.01. The van der Waals surface area contributed by atoms with E-state index in [-0.39, 0.29) is 5.82 Å². The van der Waals surface area contributed by atoms with E-state index in [1.165, 1.54) is 12.1 Å². The highest BCUT2D eigenvalue weighted by atomic mass is 35.5. The van der Waals surface area contributed by atoms with Crippen molar-refractivity contribution in [1.29, 1.82) is 0 Å². The van der Waals surface area contributed by atoms with Crippen molar-refractivity contribution in [3.8, 4) is 0 Å². The maximum Gasteiger partial charge on any atom is 0.173 e. The quantitative estimate of drug-likeness (QED) is 0.462. The molecule has 0 saturated carbocycles. The first-order chi connectivity index (χ1) is 15.8. The van der Waals surface area contributed by atoms with Gasteiger partial charge in [0.25, 0.3) is 0 Å². The molecule has 5 nitrogen and oxygen atoms in total. The summed E-state index contributed by atoms with van der Waals surface area (Å²) in [5, 5.41) is 9.93. The van der Waals surface area contributed by atoms with Gasteiger partial charge in [0.2, 0.25) is 0 Å². The third kappa shape index (κ3) is 5.84. The van der Waals surface area contributed by atoms with E-state index in [9.17, 15) is 4.39 Å². The number of aryl methyl sites for hydroxylation is 1.